The molecular weight excluding hydrogens is 343 g/mol. The van der Waals surface area contributed by atoms with Crippen molar-refractivity contribution in [2.75, 3.05) is 26.2 Å². The second-order valence-corrected chi connectivity index (χ2v) is 7.34. The van der Waals surface area contributed by atoms with Crippen LogP contribution >= 0.6 is 23.2 Å². The molecule has 1 aliphatic rings. The van der Waals surface area contributed by atoms with Crippen LogP contribution in [0, 0.1) is 6.92 Å². The smallest absolute Gasteiger partial charge is 0.0595 e. The number of hydrogen-bond acceptors (Lipinski definition) is 3. The molecule has 0 saturated carbocycles. The van der Waals surface area contributed by atoms with E-state index in [-0.39, 0.29) is 0 Å². The third-order valence-corrected chi connectivity index (χ3v) is 5.39. The molecule has 0 atom stereocenters. The first-order chi connectivity index (χ1) is 11.6. The largest absolute Gasteiger partial charge is 0.302 e. The number of nitrogens with one attached hydrogen (secondary N) is 1. The molecule has 1 saturated heterocycles. The molecule has 0 amide bonds. The van der Waals surface area contributed by atoms with Crippen molar-refractivity contribution in [1.82, 2.24) is 20.0 Å². The minimum absolute atomic E-state index is 0.606. The molecule has 0 spiro atoms. The Kier molecular flexibility index (Phi) is 6.17. The van der Waals surface area contributed by atoms with E-state index in [1.807, 2.05) is 18.3 Å². The molecule has 130 valence electrons. The molecule has 4 nitrogen and oxygen atoms in total. The second-order valence-electron chi connectivity index (χ2n) is 6.53. The number of aromatic amines is 1. The molecule has 1 aromatic carbocycles. The topological polar surface area (TPSA) is 35.2 Å². The molecular formula is C18H24Cl2N4. The molecule has 2 aromatic rings. The minimum Gasteiger partial charge on any atom is -0.302 e. The fourth-order valence-electron chi connectivity index (χ4n) is 3.18. The van der Waals surface area contributed by atoms with Crippen molar-refractivity contribution in [2.45, 2.75) is 32.9 Å². The van der Waals surface area contributed by atoms with E-state index >= 15 is 0 Å². The lowest BCUT2D eigenvalue weighted by Gasteiger charge is -2.25. The van der Waals surface area contributed by atoms with E-state index in [1.165, 1.54) is 37.1 Å². The number of likely N-dealkylation sites (tertiary alicyclic amines) is 1. The predicted molar refractivity (Wildman–Crippen MR) is 99.6 cm³/mol. The number of hydrogen-bond donors (Lipinski definition) is 1. The highest BCUT2D eigenvalue weighted by atomic mass is 35.5. The van der Waals surface area contributed by atoms with E-state index < -0.39 is 0 Å². The standard InChI is InChI=1S/C18H24Cl2N4/c1-14-16(11-21-22-14)13-24(9-8-23-6-2-3-7-23)12-15-4-5-17(19)18(20)10-15/h4-5,10-11H,2-3,6-9,12-13H2,1H3,(H,21,22). The average molecular weight is 367 g/mol. The zero-order valence-corrected chi connectivity index (χ0v) is 15.6. The summed E-state index contributed by atoms with van der Waals surface area (Å²) in [5.74, 6) is 0. The number of aromatic nitrogens is 2. The maximum atomic E-state index is 6.17. The minimum atomic E-state index is 0.606. The Labute approximate surface area is 153 Å². The number of H-pyrrole nitrogens is 1. The van der Waals surface area contributed by atoms with Gasteiger partial charge in [-0.25, -0.2) is 0 Å². The highest BCUT2D eigenvalue weighted by Crippen LogP contribution is 2.23. The van der Waals surface area contributed by atoms with Gasteiger partial charge in [0.05, 0.1) is 16.2 Å². The molecule has 0 radical (unpaired) electrons. The summed E-state index contributed by atoms with van der Waals surface area (Å²) in [4.78, 5) is 5.00. The summed E-state index contributed by atoms with van der Waals surface area (Å²) < 4.78 is 0. The van der Waals surface area contributed by atoms with Crippen LogP contribution < -0.4 is 0 Å². The van der Waals surface area contributed by atoms with Gasteiger partial charge < -0.3 is 4.90 Å². The van der Waals surface area contributed by atoms with Crippen LogP contribution in [-0.4, -0.2) is 46.2 Å². The Morgan fingerprint density at radius 3 is 2.62 bits per heavy atom. The maximum Gasteiger partial charge on any atom is 0.0595 e. The summed E-state index contributed by atoms with van der Waals surface area (Å²) in [6.07, 6.45) is 4.58. The van der Waals surface area contributed by atoms with Gasteiger partial charge in [0.25, 0.3) is 0 Å². The second kappa shape index (κ2) is 8.34. The Morgan fingerprint density at radius 2 is 1.96 bits per heavy atom. The van der Waals surface area contributed by atoms with Crippen molar-refractivity contribution in [3.8, 4) is 0 Å². The summed E-state index contributed by atoms with van der Waals surface area (Å²) in [6.45, 7) is 8.41. The highest BCUT2D eigenvalue weighted by Gasteiger charge is 2.15. The fourth-order valence-corrected chi connectivity index (χ4v) is 3.50. The van der Waals surface area contributed by atoms with Gasteiger partial charge in [0.1, 0.15) is 0 Å². The molecule has 0 unspecified atom stereocenters. The number of nitrogens with zero attached hydrogens (tertiary/aromatic N) is 3. The number of benzene rings is 1. The summed E-state index contributed by atoms with van der Waals surface area (Å²) >= 11 is 12.2. The zero-order valence-electron chi connectivity index (χ0n) is 14.1. The van der Waals surface area contributed by atoms with Gasteiger partial charge in [-0.2, -0.15) is 5.10 Å². The quantitative estimate of drug-likeness (QED) is 0.800. The van der Waals surface area contributed by atoms with Crippen molar-refractivity contribution in [1.29, 1.82) is 0 Å². The first-order valence-corrected chi connectivity index (χ1v) is 9.25. The van der Waals surface area contributed by atoms with Crippen LogP contribution in [0.15, 0.2) is 24.4 Å². The molecule has 24 heavy (non-hydrogen) atoms. The fraction of sp³-hybridized carbons (Fsp3) is 0.500. The van der Waals surface area contributed by atoms with E-state index in [0.717, 1.165) is 31.9 Å². The molecule has 1 fully saturated rings. The van der Waals surface area contributed by atoms with E-state index in [9.17, 15) is 0 Å². The van der Waals surface area contributed by atoms with E-state index in [2.05, 4.69) is 33.0 Å². The molecule has 1 aromatic heterocycles. The van der Waals surface area contributed by atoms with Gasteiger partial charge in [-0.15, -0.1) is 0 Å². The van der Waals surface area contributed by atoms with Crippen molar-refractivity contribution in [3.05, 3.63) is 51.3 Å². The van der Waals surface area contributed by atoms with Crippen LogP contribution in [0.1, 0.15) is 29.7 Å². The predicted octanol–water partition coefficient (Wildman–Crippen LogP) is 4.12. The van der Waals surface area contributed by atoms with Gasteiger partial charge in [0, 0.05) is 37.4 Å². The van der Waals surface area contributed by atoms with Gasteiger partial charge in [-0.3, -0.25) is 10.00 Å². The maximum absolute atomic E-state index is 6.17. The first kappa shape index (κ1) is 17.7. The lowest BCUT2D eigenvalue weighted by atomic mass is 10.2. The van der Waals surface area contributed by atoms with Crippen molar-refractivity contribution >= 4 is 23.2 Å². The lowest BCUT2D eigenvalue weighted by molar-refractivity contribution is 0.211. The summed E-state index contributed by atoms with van der Waals surface area (Å²) in [6, 6.07) is 5.90. The molecule has 6 heteroatoms. The monoisotopic (exact) mass is 366 g/mol. The van der Waals surface area contributed by atoms with E-state index in [1.54, 1.807) is 0 Å². The lowest BCUT2D eigenvalue weighted by Crippen LogP contribution is -2.33. The van der Waals surface area contributed by atoms with Crippen LogP contribution in [0.4, 0.5) is 0 Å². The molecule has 0 aliphatic carbocycles. The third kappa shape index (κ3) is 4.73. The van der Waals surface area contributed by atoms with Crippen LogP contribution in [0.5, 0.6) is 0 Å². The molecule has 1 aliphatic heterocycles. The van der Waals surface area contributed by atoms with Gasteiger partial charge in [-0.05, 0) is 50.6 Å². The Balaban J connectivity index is 1.67. The molecule has 2 heterocycles. The number of rotatable bonds is 7. The molecule has 3 rings (SSSR count). The van der Waals surface area contributed by atoms with E-state index in [4.69, 9.17) is 23.2 Å². The van der Waals surface area contributed by atoms with Crippen molar-refractivity contribution in [3.63, 3.8) is 0 Å². The third-order valence-electron chi connectivity index (χ3n) is 4.65. The first-order valence-electron chi connectivity index (χ1n) is 8.49. The van der Waals surface area contributed by atoms with Crippen LogP contribution in [0.2, 0.25) is 10.0 Å². The van der Waals surface area contributed by atoms with Crippen LogP contribution in [0.25, 0.3) is 0 Å². The van der Waals surface area contributed by atoms with Gasteiger partial charge in [0.15, 0.2) is 0 Å². The van der Waals surface area contributed by atoms with Crippen molar-refractivity contribution < 1.29 is 0 Å². The zero-order chi connectivity index (χ0) is 16.9. The van der Waals surface area contributed by atoms with Crippen molar-refractivity contribution in [2.24, 2.45) is 0 Å². The molecule has 1 N–H and O–H groups in total. The Bertz CT molecular complexity index is 665. The Hall–Kier alpha value is -1.07. The average Bonchev–Trinajstić information content (AvgIpc) is 3.21. The molecule has 0 bridgehead atoms. The van der Waals surface area contributed by atoms with Gasteiger partial charge in [0.2, 0.25) is 0 Å². The summed E-state index contributed by atoms with van der Waals surface area (Å²) in [7, 11) is 0. The summed E-state index contributed by atoms with van der Waals surface area (Å²) in [5.41, 5.74) is 3.57. The van der Waals surface area contributed by atoms with E-state index in [0.29, 0.717) is 10.0 Å². The van der Waals surface area contributed by atoms with Crippen LogP contribution in [-0.2, 0) is 13.1 Å². The van der Waals surface area contributed by atoms with Gasteiger partial charge in [-0.1, -0.05) is 29.3 Å². The SMILES string of the molecule is Cc1[nH]ncc1CN(CCN1CCCC1)Cc1ccc(Cl)c(Cl)c1. The number of halogens is 2. The Morgan fingerprint density at radius 1 is 1.17 bits per heavy atom. The normalized spacial score (nSPS) is 15.5. The highest BCUT2D eigenvalue weighted by molar-refractivity contribution is 6.42. The van der Waals surface area contributed by atoms with Crippen LogP contribution in [0.3, 0.4) is 0 Å². The van der Waals surface area contributed by atoms with Gasteiger partial charge >= 0.3 is 0 Å². The summed E-state index contributed by atoms with van der Waals surface area (Å²) in [5, 5.41) is 8.40. The number of aryl methyl sites for hydroxylation is 1.